The smallest absolute Gasteiger partial charge is 0.235 e. The molecule has 0 rings (SSSR count). The third kappa shape index (κ3) is 4.21. The first kappa shape index (κ1) is 17.3. The second-order valence-electron chi connectivity index (χ2n) is 4.66. The van der Waals surface area contributed by atoms with Crippen molar-refractivity contribution < 1.29 is 9.90 Å². The molecule has 0 aliphatic carbocycles. The molecule has 4 nitrogen and oxygen atoms in total. The number of hydrogen-bond donors (Lipinski definition) is 2. The average Bonchev–Trinajstić information content (AvgIpc) is 2.36. The second-order valence-corrected chi connectivity index (χ2v) is 5.10. The number of hydrogen-bond acceptors (Lipinski definition) is 3. The molecule has 5 heteroatoms. The lowest BCUT2D eigenvalue weighted by Gasteiger charge is -2.33. The van der Waals surface area contributed by atoms with Gasteiger partial charge in [0.15, 0.2) is 0 Å². The maximum atomic E-state index is 12.4. The van der Waals surface area contributed by atoms with Crippen molar-refractivity contribution >= 4 is 23.1 Å². The Balaban J connectivity index is 4.53. The Morgan fingerprint density at radius 1 is 1.28 bits per heavy atom. The predicted octanol–water partition coefficient (Wildman–Crippen LogP) is 1.70. The molecule has 18 heavy (non-hydrogen) atoms. The van der Waals surface area contributed by atoms with E-state index in [9.17, 15) is 4.79 Å². The third-order valence-electron chi connectivity index (χ3n) is 3.59. The number of unbranched alkanes of at least 4 members (excludes halogenated alkanes) is 2. The first-order valence-electron chi connectivity index (χ1n) is 6.62. The first-order valence-corrected chi connectivity index (χ1v) is 7.03. The number of nitrogens with two attached hydrogens (primary N) is 1. The largest absolute Gasteiger partial charge is 0.396 e. The molecule has 0 aromatic carbocycles. The predicted molar refractivity (Wildman–Crippen MR) is 78.4 cm³/mol. The lowest BCUT2D eigenvalue weighted by atomic mass is 9.80. The highest BCUT2D eigenvalue weighted by atomic mass is 32.1. The highest BCUT2D eigenvalue weighted by molar-refractivity contribution is 7.80. The van der Waals surface area contributed by atoms with Crippen LogP contribution in [-0.4, -0.2) is 41.1 Å². The van der Waals surface area contributed by atoms with Crippen LogP contribution in [-0.2, 0) is 4.79 Å². The van der Waals surface area contributed by atoms with Crippen molar-refractivity contribution in [1.82, 2.24) is 4.90 Å². The van der Waals surface area contributed by atoms with Gasteiger partial charge in [-0.15, -0.1) is 0 Å². The normalized spacial score (nSPS) is 11.3. The molecule has 0 atom stereocenters. The van der Waals surface area contributed by atoms with Crippen LogP contribution in [0.15, 0.2) is 0 Å². The fraction of sp³-hybridized carbons (Fsp3) is 0.846. The molecule has 0 aromatic heterocycles. The molecule has 0 unspecified atom stereocenters. The van der Waals surface area contributed by atoms with E-state index < -0.39 is 5.41 Å². The van der Waals surface area contributed by atoms with E-state index in [0.717, 1.165) is 19.3 Å². The fourth-order valence-corrected chi connectivity index (χ4v) is 2.49. The van der Waals surface area contributed by atoms with E-state index in [0.29, 0.717) is 24.4 Å². The number of carbonyl (C=O) groups is 1. The fourth-order valence-electron chi connectivity index (χ4n) is 2.11. The number of carbonyl (C=O) groups excluding carboxylic acids is 1. The van der Waals surface area contributed by atoms with E-state index >= 15 is 0 Å². The van der Waals surface area contributed by atoms with Crippen LogP contribution in [0.2, 0.25) is 0 Å². The van der Waals surface area contributed by atoms with Crippen molar-refractivity contribution in [1.29, 1.82) is 0 Å². The summed E-state index contributed by atoms with van der Waals surface area (Å²) in [7, 11) is 1.79. The van der Waals surface area contributed by atoms with Crippen molar-refractivity contribution in [2.45, 2.75) is 46.0 Å². The maximum Gasteiger partial charge on any atom is 0.235 e. The summed E-state index contributed by atoms with van der Waals surface area (Å²) in [5.41, 5.74) is 5.07. The van der Waals surface area contributed by atoms with E-state index in [4.69, 9.17) is 23.1 Å². The van der Waals surface area contributed by atoms with Crippen LogP contribution >= 0.6 is 12.2 Å². The molecule has 0 heterocycles. The van der Waals surface area contributed by atoms with Crippen LogP contribution in [0, 0.1) is 5.41 Å². The van der Waals surface area contributed by atoms with Crippen LogP contribution in [0.3, 0.4) is 0 Å². The summed E-state index contributed by atoms with van der Waals surface area (Å²) in [4.78, 5) is 14.4. The number of aliphatic hydroxyl groups excluding tert-OH is 1. The summed E-state index contributed by atoms with van der Waals surface area (Å²) < 4.78 is 0. The Hall–Kier alpha value is -0.680. The molecular weight excluding hydrogens is 248 g/mol. The summed E-state index contributed by atoms with van der Waals surface area (Å²) >= 11 is 5.07. The zero-order valence-electron chi connectivity index (χ0n) is 11.7. The number of amides is 1. The molecule has 0 aromatic rings. The zero-order valence-corrected chi connectivity index (χ0v) is 12.6. The molecule has 3 N–H and O–H groups in total. The molecule has 0 spiro atoms. The zero-order chi connectivity index (χ0) is 14.2. The number of rotatable bonds is 9. The van der Waals surface area contributed by atoms with Gasteiger partial charge in [0.05, 0.1) is 10.4 Å². The van der Waals surface area contributed by atoms with Gasteiger partial charge in [-0.3, -0.25) is 4.79 Å². The Labute approximate surface area is 116 Å². The number of aliphatic hydroxyl groups is 1. The first-order chi connectivity index (χ1) is 8.46. The van der Waals surface area contributed by atoms with Crippen LogP contribution in [0.4, 0.5) is 0 Å². The molecule has 0 saturated carbocycles. The molecule has 0 fully saturated rings. The Bertz CT molecular complexity index is 278. The summed E-state index contributed by atoms with van der Waals surface area (Å²) in [5, 5.41) is 8.70. The van der Waals surface area contributed by atoms with Gasteiger partial charge in [0.2, 0.25) is 5.91 Å². The minimum absolute atomic E-state index is 0.0176. The van der Waals surface area contributed by atoms with E-state index in [1.54, 1.807) is 11.9 Å². The molecule has 0 aliphatic rings. The lowest BCUT2D eigenvalue weighted by molar-refractivity contribution is -0.137. The van der Waals surface area contributed by atoms with Crippen molar-refractivity contribution in [2.75, 3.05) is 20.2 Å². The molecule has 0 radical (unpaired) electrons. The van der Waals surface area contributed by atoms with Gasteiger partial charge >= 0.3 is 0 Å². The van der Waals surface area contributed by atoms with Crippen LogP contribution in [0.25, 0.3) is 0 Å². The lowest BCUT2D eigenvalue weighted by Crippen LogP contribution is -2.49. The number of thiocarbonyl (C=S) groups is 1. The molecule has 106 valence electrons. The van der Waals surface area contributed by atoms with Gasteiger partial charge in [-0.25, -0.2) is 0 Å². The second kappa shape index (κ2) is 8.43. The van der Waals surface area contributed by atoms with Crippen molar-refractivity contribution in [2.24, 2.45) is 11.1 Å². The summed E-state index contributed by atoms with van der Waals surface area (Å²) in [5.74, 6) is 0.0176. The van der Waals surface area contributed by atoms with Gasteiger partial charge < -0.3 is 15.7 Å². The minimum atomic E-state index is -0.693. The van der Waals surface area contributed by atoms with Crippen molar-refractivity contribution in [3.63, 3.8) is 0 Å². The van der Waals surface area contributed by atoms with Crippen molar-refractivity contribution in [3.05, 3.63) is 0 Å². The van der Waals surface area contributed by atoms with E-state index in [1.807, 2.05) is 13.8 Å². The standard InChI is InChI=1S/C13H26N2O2S/c1-4-13(5-2,11(14)18)12(17)15(3)9-7-6-8-10-16/h16H,4-10H2,1-3H3,(H2,14,18). The van der Waals surface area contributed by atoms with Crippen LogP contribution < -0.4 is 5.73 Å². The van der Waals surface area contributed by atoms with E-state index in [1.165, 1.54) is 0 Å². The van der Waals surface area contributed by atoms with Crippen LogP contribution in [0.5, 0.6) is 0 Å². The van der Waals surface area contributed by atoms with E-state index in [-0.39, 0.29) is 12.5 Å². The molecule has 0 aliphatic heterocycles. The topological polar surface area (TPSA) is 66.6 Å². The molecular formula is C13H26N2O2S. The van der Waals surface area contributed by atoms with Gasteiger partial charge in [-0.2, -0.15) is 0 Å². The Morgan fingerprint density at radius 3 is 2.22 bits per heavy atom. The van der Waals surface area contributed by atoms with Gasteiger partial charge in [0, 0.05) is 20.2 Å². The van der Waals surface area contributed by atoms with Crippen LogP contribution in [0.1, 0.15) is 46.0 Å². The number of nitrogens with zero attached hydrogens (tertiary/aromatic N) is 1. The maximum absolute atomic E-state index is 12.4. The van der Waals surface area contributed by atoms with Gasteiger partial charge in [-0.1, -0.05) is 26.1 Å². The van der Waals surface area contributed by atoms with E-state index in [2.05, 4.69) is 0 Å². The van der Waals surface area contributed by atoms with Gasteiger partial charge in [-0.05, 0) is 32.1 Å². The van der Waals surface area contributed by atoms with Gasteiger partial charge in [0.1, 0.15) is 0 Å². The molecule has 0 bridgehead atoms. The Morgan fingerprint density at radius 2 is 1.83 bits per heavy atom. The molecule has 0 saturated heterocycles. The minimum Gasteiger partial charge on any atom is -0.396 e. The summed E-state index contributed by atoms with van der Waals surface area (Å²) in [6.07, 6.45) is 3.87. The molecule has 1 amide bonds. The summed E-state index contributed by atoms with van der Waals surface area (Å²) in [6, 6.07) is 0. The summed E-state index contributed by atoms with van der Waals surface area (Å²) in [6.45, 7) is 4.78. The van der Waals surface area contributed by atoms with Gasteiger partial charge in [0.25, 0.3) is 0 Å². The Kier molecular flexibility index (Phi) is 8.11. The highest BCUT2D eigenvalue weighted by Crippen LogP contribution is 2.29. The quantitative estimate of drug-likeness (QED) is 0.496. The average molecular weight is 274 g/mol. The highest BCUT2D eigenvalue weighted by Gasteiger charge is 2.39. The van der Waals surface area contributed by atoms with Crippen molar-refractivity contribution in [3.8, 4) is 0 Å². The monoisotopic (exact) mass is 274 g/mol. The third-order valence-corrected chi connectivity index (χ3v) is 3.98. The SMILES string of the molecule is CCC(CC)(C(=O)N(C)CCCCCO)C(N)=S.